The van der Waals surface area contributed by atoms with E-state index in [4.69, 9.17) is 5.73 Å². The number of rotatable bonds is 4. The average Bonchev–Trinajstić information content (AvgIpc) is 2.65. The average molecular weight is 278 g/mol. The molecule has 112 valence electrons. The third-order valence-electron chi connectivity index (χ3n) is 4.52. The van der Waals surface area contributed by atoms with Gasteiger partial charge in [0.05, 0.1) is 5.69 Å². The molecule has 0 spiro atoms. The van der Waals surface area contributed by atoms with E-state index in [0.717, 1.165) is 55.4 Å². The first-order chi connectivity index (χ1) is 9.63. The zero-order valence-corrected chi connectivity index (χ0v) is 12.7. The summed E-state index contributed by atoms with van der Waals surface area (Å²) in [4.78, 5) is 2.24. The summed E-state index contributed by atoms with van der Waals surface area (Å²) in [6.07, 6.45) is 4.32. The predicted molar refractivity (Wildman–Crippen MR) is 83.6 cm³/mol. The molecule has 2 N–H and O–H groups in total. The molecule has 1 aliphatic heterocycles. The number of nitrogens with zero attached hydrogens (tertiary/aromatic N) is 1. The van der Waals surface area contributed by atoms with Gasteiger partial charge in [0.1, 0.15) is 5.82 Å². The topological polar surface area (TPSA) is 29.3 Å². The Morgan fingerprint density at radius 1 is 1.30 bits per heavy atom. The molecule has 0 aromatic heterocycles. The van der Waals surface area contributed by atoms with Gasteiger partial charge in [0, 0.05) is 13.1 Å². The SMILES string of the molecule is CC(C)C1CCCN(c2c(F)cccc2CCN)CC1. The van der Waals surface area contributed by atoms with Crippen LogP contribution in [-0.4, -0.2) is 19.6 Å². The van der Waals surface area contributed by atoms with Crippen molar-refractivity contribution in [2.45, 2.75) is 39.5 Å². The van der Waals surface area contributed by atoms with Crippen molar-refractivity contribution >= 4 is 5.69 Å². The van der Waals surface area contributed by atoms with E-state index in [-0.39, 0.29) is 5.82 Å². The van der Waals surface area contributed by atoms with Crippen LogP contribution in [0.2, 0.25) is 0 Å². The fourth-order valence-electron chi connectivity index (χ4n) is 3.28. The number of anilines is 1. The van der Waals surface area contributed by atoms with Crippen molar-refractivity contribution in [1.82, 2.24) is 0 Å². The molecule has 1 fully saturated rings. The summed E-state index contributed by atoms with van der Waals surface area (Å²) in [5.41, 5.74) is 7.51. The van der Waals surface area contributed by atoms with Crippen LogP contribution in [0.25, 0.3) is 0 Å². The number of halogens is 1. The van der Waals surface area contributed by atoms with Crippen molar-refractivity contribution in [3.05, 3.63) is 29.6 Å². The van der Waals surface area contributed by atoms with Crippen LogP contribution in [0.5, 0.6) is 0 Å². The maximum Gasteiger partial charge on any atom is 0.146 e. The van der Waals surface area contributed by atoms with Crippen LogP contribution in [0.15, 0.2) is 18.2 Å². The summed E-state index contributed by atoms with van der Waals surface area (Å²) in [5.74, 6) is 1.39. The molecule has 0 saturated carbocycles. The molecule has 1 aromatic carbocycles. The molecule has 1 heterocycles. The fraction of sp³-hybridized carbons (Fsp3) is 0.647. The largest absolute Gasteiger partial charge is 0.369 e. The molecule has 3 heteroatoms. The molecule has 1 saturated heterocycles. The minimum atomic E-state index is -0.0982. The third-order valence-corrected chi connectivity index (χ3v) is 4.52. The van der Waals surface area contributed by atoms with Crippen LogP contribution in [0.3, 0.4) is 0 Å². The van der Waals surface area contributed by atoms with Crippen molar-refractivity contribution in [2.75, 3.05) is 24.5 Å². The van der Waals surface area contributed by atoms with E-state index in [9.17, 15) is 4.39 Å². The van der Waals surface area contributed by atoms with Gasteiger partial charge in [-0.05, 0) is 55.7 Å². The first-order valence-electron chi connectivity index (χ1n) is 7.86. The second kappa shape index (κ2) is 7.07. The summed E-state index contributed by atoms with van der Waals surface area (Å²) < 4.78 is 14.3. The Kier molecular flexibility index (Phi) is 5.41. The highest BCUT2D eigenvalue weighted by Gasteiger charge is 2.22. The summed E-state index contributed by atoms with van der Waals surface area (Å²) >= 11 is 0. The first kappa shape index (κ1) is 15.3. The van der Waals surface area contributed by atoms with Crippen LogP contribution >= 0.6 is 0 Å². The van der Waals surface area contributed by atoms with E-state index in [0.29, 0.717) is 6.54 Å². The second-order valence-corrected chi connectivity index (χ2v) is 6.21. The van der Waals surface area contributed by atoms with Crippen molar-refractivity contribution < 1.29 is 4.39 Å². The van der Waals surface area contributed by atoms with Gasteiger partial charge in [-0.25, -0.2) is 4.39 Å². The molecule has 2 rings (SSSR count). The predicted octanol–water partition coefficient (Wildman–Crippen LogP) is 3.59. The van der Waals surface area contributed by atoms with Gasteiger partial charge in [0.25, 0.3) is 0 Å². The monoisotopic (exact) mass is 278 g/mol. The van der Waals surface area contributed by atoms with Gasteiger partial charge in [0.15, 0.2) is 0 Å². The molecule has 1 atom stereocenters. The molecule has 1 aliphatic rings. The van der Waals surface area contributed by atoms with E-state index in [2.05, 4.69) is 18.7 Å². The van der Waals surface area contributed by atoms with Gasteiger partial charge >= 0.3 is 0 Å². The quantitative estimate of drug-likeness (QED) is 0.912. The Balaban J connectivity index is 2.19. The van der Waals surface area contributed by atoms with E-state index >= 15 is 0 Å². The Labute approximate surface area is 122 Å². The van der Waals surface area contributed by atoms with E-state index in [1.807, 2.05) is 6.07 Å². The lowest BCUT2D eigenvalue weighted by molar-refractivity contribution is 0.351. The highest BCUT2D eigenvalue weighted by atomic mass is 19.1. The molecule has 0 bridgehead atoms. The number of nitrogens with two attached hydrogens (primary N) is 1. The molecule has 0 aliphatic carbocycles. The summed E-state index contributed by atoms with van der Waals surface area (Å²) in [6, 6.07) is 5.37. The lowest BCUT2D eigenvalue weighted by atomic mass is 9.89. The number of hydrogen-bond donors (Lipinski definition) is 1. The van der Waals surface area contributed by atoms with Crippen LogP contribution in [0.1, 0.15) is 38.7 Å². The first-order valence-corrected chi connectivity index (χ1v) is 7.86. The smallest absolute Gasteiger partial charge is 0.146 e. The van der Waals surface area contributed by atoms with Gasteiger partial charge in [-0.3, -0.25) is 0 Å². The summed E-state index contributed by atoms with van der Waals surface area (Å²) in [5, 5.41) is 0. The minimum absolute atomic E-state index is 0.0982. The fourth-order valence-corrected chi connectivity index (χ4v) is 3.28. The number of hydrogen-bond acceptors (Lipinski definition) is 2. The van der Waals surface area contributed by atoms with Gasteiger partial charge in [-0.1, -0.05) is 26.0 Å². The highest BCUT2D eigenvalue weighted by Crippen LogP contribution is 2.30. The normalized spacial score (nSPS) is 20.2. The molecule has 1 unspecified atom stereocenters. The molecule has 20 heavy (non-hydrogen) atoms. The van der Waals surface area contributed by atoms with Gasteiger partial charge in [0.2, 0.25) is 0 Å². The molecular weight excluding hydrogens is 251 g/mol. The molecular formula is C17H27FN2. The molecule has 0 amide bonds. The lowest BCUT2D eigenvalue weighted by Gasteiger charge is -2.26. The number of para-hydroxylation sites is 1. The molecule has 2 nitrogen and oxygen atoms in total. The standard InChI is InChI=1S/C17H27FN2/c1-13(2)14-6-4-11-20(12-9-14)17-15(8-10-19)5-3-7-16(17)18/h3,5,7,13-14H,4,6,8-12,19H2,1-2H3. The van der Waals surface area contributed by atoms with Crippen LogP contribution in [-0.2, 0) is 6.42 Å². The maximum absolute atomic E-state index is 14.3. The Morgan fingerprint density at radius 2 is 2.10 bits per heavy atom. The van der Waals surface area contributed by atoms with Crippen molar-refractivity contribution in [2.24, 2.45) is 17.6 Å². The minimum Gasteiger partial charge on any atom is -0.369 e. The number of benzene rings is 1. The molecule has 0 radical (unpaired) electrons. The maximum atomic E-state index is 14.3. The van der Waals surface area contributed by atoms with Gasteiger partial charge in [-0.15, -0.1) is 0 Å². The molecule has 1 aromatic rings. The van der Waals surface area contributed by atoms with E-state index < -0.39 is 0 Å². The van der Waals surface area contributed by atoms with E-state index in [1.165, 1.54) is 6.42 Å². The zero-order valence-electron chi connectivity index (χ0n) is 12.7. The van der Waals surface area contributed by atoms with Crippen molar-refractivity contribution in [3.63, 3.8) is 0 Å². The highest BCUT2D eigenvalue weighted by molar-refractivity contribution is 5.55. The van der Waals surface area contributed by atoms with Crippen LogP contribution < -0.4 is 10.6 Å². The Morgan fingerprint density at radius 3 is 2.80 bits per heavy atom. The summed E-state index contributed by atoms with van der Waals surface area (Å²) in [6.45, 7) is 7.08. The Bertz CT molecular complexity index is 431. The zero-order chi connectivity index (χ0) is 14.5. The van der Waals surface area contributed by atoms with Crippen LogP contribution in [0.4, 0.5) is 10.1 Å². The van der Waals surface area contributed by atoms with Gasteiger partial charge < -0.3 is 10.6 Å². The van der Waals surface area contributed by atoms with Gasteiger partial charge in [-0.2, -0.15) is 0 Å². The Hall–Kier alpha value is -1.09. The van der Waals surface area contributed by atoms with Crippen molar-refractivity contribution in [1.29, 1.82) is 0 Å². The van der Waals surface area contributed by atoms with Crippen LogP contribution in [0, 0.1) is 17.7 Å². The lowest BCUT2D eigenvalue weighted by Crippen LogP contribution is -2.27. The third kappa shape index (κ3) is 3.51. The summed E-state index contributed by atoms with van der Waals surface area (Å²) in [7, 11) is 0. The van der Waals surface area contributed by atoms with Crippen molar-refractivity contribution in [3.8, 4) is 0 Å². The second-order valence-electron chi connectivity index (χ2n) is 6.21. The van der Waals surface area contributed by atoms with E-state index in [1.54, 1.807) is 12.1 Å².